The summed E-state index contributed by atoms with van der Waals surface area (Å²) in [5.41, 5.74) is 1.08. The number of benzene rings is 1. The maximum Gasteiger partial charge on any atom is 0.242 e. The summed E-state index contributed by atoms with van der Waals surface area (Å²) in [5, 5.41) is 3.31. The van der Waals surface area contributed by atoms with Gasteiger partial charge in [0.2, 0.25) is 10.0 Å². The first-order valence-corrected chi connectivity index (χ1v) is 8.34. The van der Waals surface area contributed by atoms with Crippen molar-refractivity contribution in [1.29, 1.82) is 0 Å². The van der Waals surface area contributed by atoms with Gasteiger partial charge in [-0.2, -0.15) is 0 Å². The Morgan fingerprint density at radius 1 is 1.21 bits per heavy atom. The molecule has 1 aromatic rings. The third kappa shape index (κ3) is 3.28. The molecule has 0 radical (unpaired) electrons. The Morgan fingerprint density at radius 2 is 1.89 bits per heavy atom. The predicted octanol–water partition coefficient (Wildman–Crippen LogP) is 2.59. The molecule has 1 aliphatic carbocycles. The van der Waals surface area contributed by atoms with E-state index in [0.717, 1.165) is 13.0 Å². The van der Waals surface area contributed by atoms with E-state index in [2.05, 4.69) is 17.0 Å². The van der Waals surface area contributed by atoms with E-state index < -0.39 is 10.0 Å². The Labute approximate surface area is 115 Å². The predicted molar refractivity (Wildman–Crippen MR) is 77.8 cm³/mol. The summed E-state index contributed by atoms with van der Waals surface area (Å²) in [6.07, 6.45) is 3.61. The van der Waals surface area contributed by atoms with Crippen LogP contribution in [0.1, 0.15) is 33.1 Å². The molecule has 1 saturated carbocycles. The lowest BCUT2D eigenvalue weighted by Gasteiger charge is -2.17. The summed E-state index contributed by atoms with van der Waals surface area (Å²) >= 11 is 0. The normalized spacial score (nSPS) is 17.2. The first-order valence-electron chi connectivity index (χ1n) is 6.85. The van der Waals surface area contributed by atoms with E-state index in [4.69, 9.17) is 0 Å². The van der Waals surface area contributed by atoms with Crippen molar-refractivity contribution in [2.45, 2.75) is 38.0 Å². The number of anilines is 1. The maximum atomic E-state index is 12.1. The number of hydrogen-bond acceptors (Lipinski definition) is 3. The van der Waals surface area contributed by atoms with Crippen LogP contribution in [0, 0.1) is 5.41 Å². The van der Waals surface area contributed by atoms with Crippen LogP contribution in [0.5, 0.6) is 0 Å². The molecule has 1 fully saturated rings. The van der Waals surface area contributed by atoms with Gasteiger partial charge in [-0.15, -0.1) is 0 Å². The molecule has 0 amide bonds. The molecule has 2 rings (SSSR count). The molecule has 5 heteroatoms. The van der Waals surface area contributed by atoms with Crippen LogP contribution in [0.2, 0.25) is 0 Å². The molecule has 0 bridgehead atoms. The van der Waals surface area contributed by atoms with Crippen LogP contribution in [-0.4, -0.2) is 21.5 Å². The van der Waals surface area contributed by atoms with E-state index in [0.29, 0.717) is 22.5 Å². The van der Waals surface area contributed by atoms with Crippen LogP contribution in [0.3, 0.4) is 0 Å². The highest BCUT2D eigenvalue weighted by atomic mass is 32.2. The standard InChI is InChI=1S/C14H22N2O2S/c1-3-14(9-10-14)11-15-12-7-5-6-8-13(12)19(17,18)16-4-2/h5-8,15-16H,3-4,9-11H2,1-2H3. The molecule has 1 aromatic carbocycles. The number of sulfonamides is 1. The van der Waals surface area contributed by atoms with Crippen LogP contribution < -0.4 is 10.0 Å². The summed E-state index contributed by atoms with van der Waals surface area (Å²) in [4.78, 5) is 0.337. The highest BCUT2D eigenvalue weighted by Crippen LogP contribution is 2.48. The first kappa shape index (κ1) is 14.3. The van der Waals surface area contributed by atoms with Gasteiger partial charge in [0.25, 0.3) is 0 Å². The summed E-state index contributed by atoms with van der Waals surface area (Å²) in [6, 6.07) is 7.09. The van der Waals surface area contributed by atoms with Crippen molar-refractivity contribution >= 4 is 15.7 Å². The molecule has 2 N–H and O–H groups in total. The van der Waals surface area contributed by atoms with E-state index >= 15 is 0 Å². The Bertz CT molecular complexity index is 536. The van der Waals surface area contributed by atoms with Crippen molar-refractivity contribution in [2.75, 3.05) is 18.4 Å². The summed E-state index contributed by atoms with van der Waals surface area (Å²) in [6.45, 7) is 5.22. The summed E-state index contributed by atoms with van der Waals surface area (Å²) in [7, 11) is -3.41. The van der Waals surface area contributed by atoms with Gasteiger partial charge in [0.1, 0.15) is 4.90 Å². The molecular formula is C14H22N2O2S. The van der Waals surface area contributed by atoms with Crippen molar-refractivity contribution in [3.8, 4) is 0 Å². The molecule has 0 heterocycles. The zero-order chi connectivity index (χ0) is 13.9. The molecule has 19 heavy (non-hydrogen) atoms. The fourth-order valence-corrected chi connectivity index (χ4v) is 3.45. The van der Waals surface area contributed by atoms with Crippen LogP contribution in [-0.2, 0) is 10.0 Å². The molecule has 0 aromatic heterocycles. The second-order valence-electron chi connectivity index (χ2n) is 5.20. The van der Waals surface area contributed by atoms with Gasteiger partial charge in [0.05, 0.1) is 5.69 Å². The average Bonchev–Trinajstić information content (AvgIpc) is 3.17. The van der Waals surface area contributed by atoms with Gasteiger partial charge in [-0.05, 0) is 36.8 Å². The molecule has 1 aliphatic rings. The van der Waals surface area contributed by atoms with Crippen LogP contribution in [0.25, 0.3) is 0 Å². The highest BCUT2D eigenvalue weighted by Gasteiger charge is 2.40. The SMILES string of the molecule is CCNS(=O)(=O)c1ccccc1NCC1(CC)CC1. The van der Waals surface area contributed by atoms with E-state index in [9.17, 15) is 8.42 Å². The van der Waals surface area contributed by atoms with E-state index in [1.807, 2.05) is 12.1 Å². The lowest BCUT2D eigenvalue weighted by Crippen LogP contribution is -2.25. The van der Waals surface area contributed by atoms with Crippen molar-refractivity contribution in [1.82, 2.24) is 4.72 Å². The molecule has 0 spiro atoms. The number of rotatable bonds is 7. The lowest BCUT2D eigenvalue weighted by atomic mass is 10.0. The van der Waals surface area contributed by atoms with Gasteiger partial charge in [0.15, 0.2) is 0 Å². The van der Waals surface area contributed by atoms with Gasteiger partial charge in [-0.3, -0.25) is 0 Å². The smallest absolute Gasteiger partial charge is 0.242 e. The monoisotopic (exact) mass is 282 g/mol. The minimum atomic E-state index is -3.41. The third-order valence-electron chi connectivity index (χ3n) is 3.87. The van der Waals surface area contributed by atoms with Gasteiger partial charge in [-0.1, -0.05) is 26.0 Å². The largest absolute Gasteiger partial charge is 0.383 e. The third-order valence-corrected chi connectivity index (χ3v) is 5.48. The lowest BCUT2D eigenvalue weighted by molar-refractivity contribution is 0.520. The molecule has 0 aliphatic heterocycles. The second-order valence-corrected chi connectivity index (χ2v) is 6.94. The molecule has 0 atom stereocenters. The Balaban J connectivity index is 2.17. The molecule has 0 saturated heterocycles. The number of hydrogen-bond donors (Lipinski definition) is 2. The number of para-hydroxylation sites is 1. The van der Waals surface area contributed by atoms with Crippen molar-refractivity contribution in [3.05, 3.63) is 24.3 Å². The Kier molecular flexibility index (Phi) is 4.16. The van der Waals surface area contributed by atoms with E-state index in [1.165, 1.54) is 12.8 Å². The van der Waals surface area contributed by atoms with Crippen LogP contribution in [0.4, 0.5) is 5.69 Å². The summed E-state index contributed by atoms with van der Waals surface area (Å²) in [5.74, 6) is 0. The average molecular weight is 282 g/mol. The highest BCUT2D eigenvalue weighted by molar-refractivity contribution is 7.89. The second kappa shape index (κ2) is 5.51. The fraction of sp³-hybridized carbons (Fsp3) is 0.571. The van der Waals surface area contributed by atoms with E-state index in [1.54, 1.807) is 19.1 Å². The van der Waals surface area contributed by atoms with Crippen molar-refractivity contribution in [2.24, 2.45) is 5.41 Å². The van der Waals surface area contributed by atoms with Crippen molar-refractivity contribution < 1.29 is 8.42 Å². The van der Waals surface area contributed by atoms with E-state index in [-0.39, 0.29) is 0 Å². The number of nitrogens with one attached hydrogen (secondary N) is 2. The zero-order valence-electron chi connectivity index (χ0n) is 11.6. The Morgan fingerprint density at radius 3 is 2.47 bits per heavy atom. The molecule has 4 nitrogen and oxygen atoms in total. The summed E-state index contributed by atoms with van der Waals surface area (Å²) < 4.78 is 26.8. The van der Waals surface area contributed by atoms with Gasteiger partial charge in [0, 0.05) is 13.1 Å². The van der Waals surface area contributed by atoms with Crippen LogP contribution >= 0.6 is 0 Å². The molecule has 0 unspecified atom stereocenters. The maximum absolute atomic E-state index is 12.1. The van der Waals surface area contributed by atoms with Gasteiger partial charge < -0.3 is 5.32 Å². The van der Waals surface area contributed by atoms with Crippen LogP contribution in [0.15, 0.2) is 29.2 Å². The Hall–Kier alpha value is -1.07. The van der Waals surface area contributed by atoms with Gasteiger partial charge in [-0.25, -0.2) is 13.1 Å². The zero-order valence-corrected chi connectivity index (χ0v) is 12.4. The van der Waals surface area contributed by atoms with Gasteiger partial charge >= 0.3 is 0 Å². The first-order chi connectivity index (χ1) is 9.03. The topological polar surface area (TPSA) is 58.2 Å². The minimum absolute atomic E-state index is 0.337. The minimum Gasteiger partial charge on any atom is -0.383 e. The molecule has 106 valence electrons. The fourth-order valence-electron chi connectivity index (χ4n) is 2.23. The molecular weight excluding hydrogens is 260 g/mol. The quantitative estimate of drug-likeness (QED) is 0.808. The van der Waals surface area contributed by atoms with Crippen molar-refractivity contribution in [3.63, 3.8) is 0 Å².